The summed E-state index contributed by atoms with van der Waals surface area (Å²) < 4.78 is 19.4. The number of rotatable bonds is 8. The van der Waals surface area contributed by atoms with Gasteiger partial charge in [0.1, 0.15) is 18.1 Å². The second kappa shape index (κ2) is 12.1. The van der Waals surface area contributed by atoms with E-state index < -0.39 is 12.0 Å². The number of benzene rings is 3. The maximum Gasteiger partial charge on any atom is 0.338 e. The third kappa shape index (κ3) is 5.66. The van der Waals surface area contributed by atoms with Gasteiger partial charge >= 0.3 is 5.97 Å². The van der Waals surface area contributed by atoms with Gasteiger partial charge < -0.3 is 14.2 Å². The highest BCUT2D eigenvalue weighted by molar-refractivity contribution is 9.10. The van der Waals surface area contributed by atoms with E-state index in [2.05, 4.69) is 20.9 Å². The fourth-order valence-electron chi connectivity index (χ4n) is 4.51. The number of carbonyl (C=O) groups is 1. The summed E-state index contributed by atoms with van der Waals surface area (Å²) in [5.41, 5.74) is 3.28. The van der Waals surface area contributed by atoms with Crippen LogP contribution in [0.1, 0.15) is 36.6 Å². The number of carbonyl (C=O) groups excluding carboxylic acids is 1. The van der Waals surface area contributed by atoms with Gasteiger partial charge in [-0.1, -0.05) is 59.9 Å². The molecule has 0 saturated carbocycles. The number of thiazole rings is 1. The predicted molar refractivity (Wildman–Crippen MR) is 158 cm³/mol. The molecule has 0 fully saturated rings. The second-order valence-corrected chi connectivity index (χ2v) is 10.9. The number of ether oxygens (including phenoxy) is 3. The average molecular weight is 620 g/mol. The number of methoxy groups -OCH3 is 1. The molecule has 0 saturated heterocycles. The van der Waals surface area contributed by atoms with Crippen molar-refractivity contribution in [1.29, 1.82) is 0 Å². The monoisotopic (exact) mass is 618 g/mol. The van der Waals surface area contributed by atoms with Crippen molar-refractivity contribution in [2.24, 2.45) is 4.99 Å². The summed E-state index contributed by atoms with van der Waals surface area (Å²) in [5.74, 6) is 0.883. The summed E-state index contributed by atoms with van der Waals surface area (Å²) in [6.45, 7) is 4.20. The normalized spacial score (nSPS) is 14.9. The van der Waals surface area contributed by atoms with Gasteiger partial charge in [0.15, 0.2) is 4.80 Å². The first-order valence-corrected chi connectivity index (χ1v) is 14.3. The Bertz CT molecular complexity index is 1760. The van der Waals surface area contributed by atoms with Crippen LogP contribution in [0.5, 0.6) is 11.5 Å². The van der Waals surface area contributed by atoms with Crippen molar-refractivity contribution in [1.82, 2.24) is 4.57 Å². The Morgan fingerprint density at radius 3 is 2.52 bits per heavy atom. The minimum atomic E-state index is -0.701. The lowest BCUT2D eigenvalue weighted by Gasteiger charge is -2.25. The molecule has 1 aliphatic heterocycles. The van der Waals surface area contributed by atoms with Crippen molar-refractivity contribution in [3.63, 3.8) is 0 Å². The molecular formula is C31H27BrN2O5S. The summed E-state index contributed by atoms with van der Waals surface area (Å²) in [7, 11) is 1.58. The van der Waals surface area contributed by atoms with E-state index in [4.69, 9.17) is 14.2 Å². The largest absolute Gasteiger partial charge is 0.496 e. The van der Waals surface area contributed by atoms with E-state index in [1.165, 1.54) is 11.3 Å². The zero-order valence-corrected chi connectivity index (χ0v) is 24.6. The fraction of sp³-hybridized carbons (Fsp3) is 0.194. The number of hydrogen-bond acceptors (Lipinski definition) is 7. The summed E-state index contributed by atoms with van der Waals surface area (Å²) >= 11 is 4.82. The maximum atomic E-state index is 13.8. The van der Waals surface area contributed by atoms with E-state index >= 15 is 0 Å². The van der Waals surface area contributed by atoms with Gasteiger partial charge in [-0.05, 0) is 76.8 Å². The average Bonchev–Trinajstić information content (AvgIpc) is 3.26. The summed E-state index contributed by atoms with van der Waals surface area (Å²) in [6, 6.07) is 22.3. The van der Waals surface area contributed by atoms with Crippen LogP contribution in [0.2, 0.25) is 0 Å². The van der Waals surface area contributed by atoms with E-state index in [9.17, 15) is 9.59 Å². The molecule has 1 atom stereocenters. The molecule has 204 valence electrons. The number of aromatic nitrogens is 1. The molecule has 0 amide bonds. The molecule has 40 heavy (non-hydrogen) atoms. The van der Waals surface area contributed by atoms with Gasteiger partial charge in [0, 0.05) is 0 Å². The van der Waals surface area contributed by atoms with Gasteiger partial charge in [-0.2, -0.15) is 0 Å². The van der Waals surface area contributed by atoms with Crippen LogP contribution >= 0.6 is 27.3 Å². The van der Waals surface area contributed by atoms with Crippen LogP contribution in [-0.2, 0) is 16.1 Å². The van der Waals surface area contributed by atoms with Gasteiger partial charge in [0.05, 0.1) is 40.0 Å². The highest BCUT2D eigenvalue weighted by Crippen LogP contribution is 2.35. The first-order chi connectivity index (χ1) is 19.4. The molecule has 7 nitrogen and oxygen atoms in total. The molecule has 0 unspecified atom stereocenters. The smallest absolute Gasteiger partial charge is 0.338 e. The number of allylic oxidation sites excluding steroid dienone is 1. The van der Waals surface area contributed by atoms with Crippen LogP contribution in [0.3, 0.4) is 0 Å². The van der Waals surface area contributed by atoms with Crippen molar-refractivity contribution >= 4 is 39.3 Å². The lowest BCUT2D eigenvalue weighted by Crippen LogP contribution is -2.39. The second-order valence-electron chi connectivity index (χ2n) is 9.04. The van der Waals surface area contributed by atoms with Crippen LogP contribution in [-0.4, -0.2) is 24.3 Å². The van der Waals surface area contributed by atoms with Crippen LogP contribution in [0.15, 0.2) is 98.3 Å². The first-order valence-electron chi connectivity index (χ1n) is 12.7. The molecule has 4 aromatic rings. The topological polar surface area (TPSA) is 79.1 Å². The fourth-order valence-corrected chi connectivity index (χ4v) is 6.12. The summed E-state index contributed by atoms with van der Waals surface area (Å²) in [4.78, 5) is 32.1. The van der Waals surface area contributed by atoms with E-state index in [-0.39, 0.29) is 12.2 Å². The van der Waals surface area contributed by atoms with Crippen LogP contribution in [0.4, 0.5) is 0 Å². The number of fused-ring (bicyclic) bond motifs is 1. The number of esters is 1. The molecule has 0 spiro atoms. The Kier molecular flexibility index (Phi) is 8.32. The number of nitrogens with zero attached hydrogens (tertiary/aromatic N) is 2. The Labute approximate surface area is 243 Å². The van der Waals surface area contributed by atoms with Crippen LogP contribution in [0, 0.1) is 0 Å². The Morgan fingerprint density at radius 1 is 1.10 bits per heavy atom. The first kappa shape index (κ1) is 27.6. The standard InChI is InChI=1S/C31H27BrN2O5S/c1-4-38-30(36)27-19(2)33-31-34(28(27)22-12-15-25(37-3)24(32)17-22)29(35)26(40-31)16-20-10-13-23(14-11-20)39-18-21-8-6-5-7-9-21/h5-17,28H,4,18H2,1-3H3/b26-16+/t28-/m1/s1. The van der Waals surface area contributed by atoms with Gasteiger partial charge in [-0.15, -0.1) is 0 Å². The molecule has 2 heterocycles. The quantitative estimate of drug-likeness (QED) is 0.255. The van der Waals surface area contributed by atoms with Crippen molar-refractivity contribution in [3.8, 4) is 11.5 Å². The van der Waals surface area contributed by atoms with Gasteiger partial charge in [0.2, 0.25) is 0 Å². The highest BCUT2D eigenvalue weighted by atomic mass is 79.9. The van der Waals surface area contributed by atoms with E-state index in [1.807, 2.05) is 72.8 Å². The van der Waals surface area contributed by atoms with E-state index in [0.29, 0.717) is 37.4 Å². The molecule has 0 N–H and O–H groups in total. The van der Waals surface area contributed by atoms with Crippen molar-refractivity contribution in [2.75, 3.05) is 13.7 Å². The van der Waals surface area contributed by atoms with E-state index in [1.54, 1.807) is 31.6 Å². The zero-order chi connectivity index (χ0) is 28.2. The molecule has 1 aromatic heterocycles. The highest BCUT2D eigenvalue weighted by Gasteiger charge is 2.33. The van der Waals surface area contributed by atoms with E-state index in [0.717, 1.165) is 22.4 Å². The minimum Gasteiger partial charge on any atom is -0.496 e. The number of hydrogen-bond donors (Lipinski definition) is 0. The lowest BCUT2D eigenvalue weighted by molar-refractivity contribution is -0.139. The van der Waals surface area contributed by atoms with Crippen LogP contribution < -0.4 is 24.4 Å². The predicted octanol–water partition coefficient (Wildman–Crippen LogP) is 5.15. The van der Waals surface area contributed by atoms with Crippen LogP contribution in [0.25, 0.3) is 6.08 Å². The molecule has 9 heteroatoms. The van der Waals surface area contributed by atoms with Crippen molar-refractivity contribution < 1.29 is 19.0 Å². The molecule has 0 aliphatic carbocycles. The summed E-state index contributed by atoms with van der Waals surface area (Å²) in [5, 5.41) is 0. The van der Waals surface area contributed by atoms with Gasteiger partial charge in [0.25, 0.3) is 5.56 Å². The third-order valence-electron chi connectivity index (χ3n) is 6.43. The molecule has 5 rings (SSSR count). The van der Waals surface area contributed by atoms with Crippen molar-refractivity contribution in [3.05, 3.63) is 125 Å². The van der Waals surface area contributed by atoms with Gasteiger partial charge in [-0.3, -0.25) is 9.36 Å². The maximum absolute atomic E-state index is 13.8. The SMILES string of the molecule is CCOC(=O)C1=C(C)N=c2s/c(=C/c3ccc(OCc4ccccc4)cc3)c(=O)n2[C@@H]1c1ccc(OC)c(Br)c1. The molecule has 0 radical (unpaired) electrons. The minimum absolute atomic E-state index is 0.212. The molecular weight excluding hydrogens is 592 g/mol. The van der Waals surface area contributed by atoms with Gasteiger partial charge in [-0.25, -0.2) is 9.79 Å². The molecule has 1 aliphatic rings. The Morgan fingerprint density at radius 2 is 1.85 bits per heavy atom. The molecule has 0 bridgehead atoms. The summed E-state index contributed by atoms with van der Waals surface area (Å²) in [6.07, 6.45) is 1.83. The Hall–Kier alpha value is -3.95. The lowest BCUT2D eigenvalue weighted by atomic mass is 9.96. The molecule has 3 aromatic carbocycles. The third-order valence-corrected chi connectivity index (χ3v) is 8.04. The van der Waals surface area contributed by atoms with Crippen molar-refractivity contribution in [2.45, 2.75) is 26.5 Å². The number of halogens is 1. The zero-order valence-electron chi connectivity index (χ0n) is 22.2. The Balaban J connectivity index is 1.53.